The number of anilines is 3. The van der Waals surface area contributed by atoms with Crippen molar-refractivity contribution in [3.8, 4) is 6.07 Å². The van der Waals surface area contributed by atoms with Crippen molar-refractivity contribution in [1.82, 2.24) is 9.97 Å². The highest BCUT2D eigenvalue weighted by Gasteiger charge is 2.11. The van der Waals surface area contributed by atoms with E-state index in [0.717, 1.165) is 41.9 Å². The van der Waals surface area contributed by atoms with E-state index in [9.17, 15) is 0 Å². The summed E-state index contributed by atoms with van der Waals surface area (Å²) in [5.41, 5.74) is 2.78. The lowest BCUT2D eigenvalue weighted by molar-refractivity contribution is 0.122. The first kappa shape index (κ1) is 18.3. The maximum Gasteiger partial charge on any atom is 0.228 e. The minimum atomic E-state index is 0.553. The Labute approximate surface area is 168 Å². The largest absolute Gasteiger partial charge is 0.378 e. The molecule has 0 amide bonds. The first-order valence-corrected chi connectivity index (χ1v) is 9.83. The van der Waals surface area contributed by atoms with E-state index in [1.165, 1.54) is 17.4 Å². The van der Waals surface area contributed by atoms with Crippen LogP contribution in [0.4, 0.5) is 17.3 Å². The van der Waals surface area contributed by atoms with Crippen LogP contribution in [0.3, 0.4) is 0 Å². The summed E-state index contributed by atoms with van der Waals surface area (Å²) in [5, 5.41) is 13.0. The lowest BCUT2D eigenvalue weighted by atomic mass is 10.2. The smallest absolute Gasteiger partial charge is 0.228 e. The van der Waals surface area contributed by atoms with Crippen molar-refractivity contribution in [3.63, 3.8) is 0 Å². The molecule has 4 rings (SSSR count). The lowest BCUT2D eigenvalue weighted by Gasteiger charge is -2.28. The SMILES string of the molecule is N#Cc1ccc(Sc2ccnc(Nc3ccc(N4CCOCC4)cc3)n2)cc1. The van der Waals surface area contributed by atoms with Crippen LogP contribution in [-0.2, 0) is 4.74 Å². The Hall–Kier alpha value is -3.08. The molecule has 1 fully saturated rings. The predicted octanol–water partition coefficient (Wildman–Crippen LogP) is 4.08. The van der Waals surface area contributed by atoms with Gasteiger partial charge in [-0.05, 0) is 54.6 Å². The number of nitriles is 1. The molecule has 0 bridgehead atoms. The molecule has 0 saturated carbocycles. The summed E-state index contributed by atoms with van der Waals surface area (Å²) in [6, 6.07) is 19.7. The van der Waals surface area contributed by atoms with Gasteiger partial charge in [0.15, 0.2) is 0 Å². The molecule has 0 atom stereocenters. The average Bonchev–Trinajstić information content (AvgIpc) is 2.76. The number of nitrogens with one attached hydrogen (secondary N) is 1. The molecule has 2 aromatic carbocycles. The molecule has 7 heteroatoms. The van der Waals surface area contributed by atoms with Gasteiger partial charge in [-0.1, -0.05) is 11.8 Å². The van der Waals surface area contributed by atoms with Crippen molar-refractivity contribution in [2.45, 2.75) is 9.92 Å². The summed E-state index contributed by atoms with van der Waals surface area (Å²) < 4.78 is 5.40. The first-order valence-electron chi connectivity index (χ1n) is 9.01. The molecule has 0 radical (unpaired) electrons. The molecule has 1 aliphatic heterocycles. The van der Waals surface area contributed by atoms with Gasteiger partial charge in [0.1, 0.15) is 5.03 Å². The van der Waals surface area contributed by atoms with E-state index in [4.69, 9.17) is 10.00 Å². The Balaban J connectivity index is 1.42. The van der Waals surface area contributed by atoms with Crippen LogP contribution in [0.25, 0.3) is 0 Å². The second-order valence-electron chi connectivity index (χ2n) is 6.23. The molecular formula is C21H19N5OS. The zero-order chi connectivity index (χ0) is 19.2. The van der Waals surface area contributed by atoms with Gasteiger partial charge in [-0.15, -0.1) is 0 Å². The summed E-state index contributed by atoms with van der Waals surface area (Å²) in [6.45, 7) is 3.39. The molecule has 0 spiro atoms. The molecule has 1 N–H and O–H groups in total. The second kappa shape index (κ2) is 8.74. The summed E-state index contributed by atoms with van der Waals surface area (Å²) in [7, 11) is 0. The normalized spacial score (nSPS) is 13.8. The Morgan fingerprint density at radius 2 is 1.75 bits per heavy atom. The van der Waals surface area contributed by atoms with Crippen LogP contribution in [0.5, 0.6) is 0 Å². The minimum Gasteiger partial charge on any atom is -0.378 e. The van der Waals surface area contributed by atoms with Crippen molar-refractivity contribution in [2.75, 3.05) is 36.5 Å². The van der Waals surface area contributed by atoms with Gasteiger partial charge in [0, 0.05) is 35.6 Å². The molecule has 1 saturated heterocycles. The fraction of sp³-hybridized carbons (Fsp3) is 0.190. The molecule has 0 aliphatic carbocycles. The Morgan fingerprint density at radius 3 is 2.46 bits per heavy atom. The second-order valence-corrected chi connectivity index (χ2v) is 7.32. The summed E-state index contributed by atoms with van der Waals surface area (Å²) in [5.74, 6) is 0.553. The topological polar surface area (TPSA) is 74.1 Å². The Kier molecular flexibility index (Phi) is 5.71. The molecule has 28 heavy (non-hydrogen) atoms. The number of ether oxygens (including phenoxy) is 1. The van der Waals surface area contributed by atoms with E-state index in [-0.39, 0.29) is 0 Å². The fourth-order valence-corrected chi connectivity index (χ4v) is 3.66. The number of nitrogens with zero attached hydrogens (tertiary/aromatic N) is 4. The summed E-state index contributed by atoms with van der Waals surface area (Å²) >= 11 is 1.53. The fourth-order valence-electron chi connectivity index (χ4n) is 2.88. The van der Waals surface area contributed by atoms with Gasteiger partial charge in [-0.3, -0.25) is 0 Å². The van der Waals surface area contributed by atoms with Crippen LogP contribution >= 0.6 is 11.8 Å². The predicted molar refractivity (Wildman–Crippen MR) is 110 cm³/mol. The van der Waals surface area contributed by atoms with E-state index in [0.29, 0.717) is 11.5 Å². The zero-order valence-electron chi connectivity index (χ0n) is 15.2. The van der Waals surface area contributed by atoms with Gasteiger partial charge in [0.05, 0.1) is 24.8 Å². The molecule has 140 valence electrons. The van der Waals surface area contributed by atoms with E-state index in [1.807, 2.05) is 30.3 Å². The number of aromatic nitrogens is 2. The monoisotopic (exact) mass is 389 g/mol. The quantitative estimate of drug-likeness (QED) is 0.659. The molecule has 3 aromatic rings. The third-order valence-electron chi connectivity index (χ3n) is 4.34. The molecule has 6 nitrogen and oxygen atoms in total. The highest BCUT2D eigenvalue weighted by Crippen LogP contribution is 2.27. The molecule has 1 aromatic heterocycles. The van der Waals surface area contributed by atoms with Crippen molar-refractivity contribution in [2.24, 2.45) is 0 Å². The summed E-state index contributed by atoms with van der Waals surface area (Å²) in [6.07, 6.45) is 1.74. The highest BCUT2D eigenvalue weighted by molar-refractivity contribution is 7.99. The standard InChI is InChI=1S/C21H19N5OS/c22-15-16-1-7-19(8-2-16)28-20-9-10-23-21(25-20)24-17-3-5-18(6-4-17)26-11-13-27-14-12-26/h1-10H,11-14H2,(H,23,24,25). The van der Waals surface area contributed by atoms with Crippen LogP contribution in [0, 0.1) is 11.3 Å². The maximum atomic E-state index is 8.89. The van der Waals surface area contributed by atoms with Crippen LogP contribution in [0.1, 0.15) is 5.56 Å². The van der Waals surface area contributed by atoms with Gasteiger partial charge >= 0.3 is 0 Å². The van der Waals surface area contributed by atoms with E-state index in [2.05, 4.69) is 38.4 Å². The van der Waals surface area contributed by atoms with Crippen molar-refractivity contribution in [3.05, 3.63) is 66.4 Å². The molecule has 0 unspecified atom stereocenters. The van der Waals surface area contributed by atoms with Crippen LogP contribution in [0.15, 0.2) is 70.7 Å². The third kappa shape index (κ3) is 4.60. The zero-order valence-corrected chi connectivity index (χ0v) is 16.0. The van der Waals surface area contributed by atoms with Gasteiger partial charge < -0.3 is 15.0 Å². The number of hydrogen-bond acceptors (Lipinski definition) is 7. The maximum absolute atomic E-state index is 8.89. The van der Waals surface area contributed by atoms with Crippen molar-refractivity contribution in [1.29, 1.82) is 5.26 Å². The lowest BCUT2D eigenvalue weighted by Crippen LogP contribution is -2.36. The van der Waals surface area contributed by atoms with E-state index in [1.54, 1.807) is 18.3 Å². The number of morpholine rings is 1. The molecule has 2 heterocycles. The Bertz CT molecular complexity index is 963. The molecular weight excluding hydrogens is 370 g/mol. The van der Waals surface area contributed by atoms with Gasteiger partial charge in [-0.2, -0.15) is 5.26 Å². The third-order valence-corrected chi connectivity index (χ3v) is 5.28. The minimum absolute atomic E-state index is 0.553. The van der Waals surface area contributed by atoms with E-state index >= 15 is 0 Å². The molecule has 1 aliphatic rings. The first-order chi connectivity index (χ1) is 13.8. The van der Waals surface area contributed by atoms with Gasteiger partial charge in [0.2, 0.25) is 5.95 Å². The van der Waals surface area contributed by atoms with Crippen LogP contribution < -0.4 is 10.2 Å². The van der Waals surface area contributed by atoms with Crippen molar-refractivity contribution < 1.29 is 4.74 Å². The Morgan fingerprint density at radius 1 is 1.00 bits per heavy atom. The van der Waals surface area contributed by atoms with Crippen molar-refractivity contribution >= 4 is 29.1 Å². The van der Waals surface area contributed by atoms with Crippen LogP contribution in [0.2, 0.25) is 0 Å². The van der Waals surface area contributed by atoms with Gasteiger partial charge in [-0.25, -0.2) is 9.97 Å². The average molecular weight is 389 g/mol. The van der Waals surface area contributed by atoms with E-state index < -0.39 is 0 Å². The highest BCUT2D eigenvalue weighted by atomic mass is 32.2. The van der Waals surface area contributed by atoms with Gasteiger partial charge in [0.25, 0.3) is 0 Å². The number of benzene rings is 2. The summed E-state index contributed by atoms with van der Waals surface area (Å²) in [4.78, 5) is 12.2. The van der Waals surface area contributed by atoms with Crippen LogP contribution in [-0.4, -0.2) is 36.3 Å². The number of hydrogen-bond donors (Lipinski definition) is 1. The number of rotatable bonds is 5.